The third kappa shape index (κ3) is 2.05. The Bertz CT molecular complexity index is 969. The van der Waals surface area contributed by atoms with E-state index >= 15 is 0 Å². The van der Waals surface area contributed by atoms with Crippen molar-refractivity contribution in [3.8, 4) is 0 Å². The zero-order valence-corrected chi connectivity index (χ0v) is 13.5. The number of hydrogen-bond acceptors (Lipinski definition) is 6. The largest absolute Gasteiger partial charge is 0.322 e. The van der Waals surface area contributed by atoms with Gasteiger partial charge in [-0.3, -0.25) is 9.89 Å². The van der Waals surface area contributed by atoms with Gasteiger partial charge in [0.1, 0.15) is 0 Å². The smallest absolute Gasteiger partial charge is 0.255 e. The van der Waals surface area contributed by atoms with E-state index in [-0.39, 0.29) is 11.9 Å². The molecule has 1 aliphatic rings. The number of rotatable bonds is 2. The van der Waals surface area contributed by atoms with Crippen molar-refractivity contribution in [1.82, 2.24) is 30.4 Å². The van der Waals surface area contributed by atoms with Crippen molar-refractivity contribution in [2.75, 3.05) is 17.3 Å². The minimum Gasteiger partial charge on any atom is -0.322 e. The molecule has 0 spiro atoms. The van der Waals surface area contributed by atoms with Crippen LogP contribution in [-0.4, -0.2) is 43.4 Å². The summed E-state index contributed by atoms with van der Waals surface area (Å²) in [4.78, 5) is 14.7. The molecular weight excluding hydrogens is 308 g/mol. The predicted octanol–water partition coefficient (Wildman–Crippen LogP) is 1.47. The fourth-order valence-electron chi connectivity index (χ4n) is 2.99. The Morgan fingerprint density at radius 3 is 3.04 bits per heavy atom. The molecule has 0 fully saturated rings. The summed E-state index contributed by atoms with van der Waals surface area (Å²) in [5, 5.41) is 22.4. The molecule has 1 atom stereocenters. The lowest BCUT2D eigenvalue weighted by atomic mass is 10.0. The summed E-state index contributed by atoms with van der Waals surface area (Å²) in [7, 11) is 1.84. The first kappa shape index (κ1) is 14.4. The number of tetrazole rings is 1. The first-order valence-electron chi connectivity index (χ1n) is 7.53. The number of aromatic nitrogens is 6. The van der Waals surface area contributed by atoms with Crippen LogP contribution in [0.15, 0.2) is 35.7 Å². The Morgan fingerprint density at radius 1 is 1.38 bits per heavy atom. The number of allylic oxidation sites excluding steroid dienone is 1. The van der Waals surface area contributed by atoms with E-state index in [1.807, 2.05) is 44.0 Å². The van der Waals surface area contributed by atoms with Gasteiger partial charge in [-0.25, -0.2) is 4.68 Å². The second-order valence-corrected chi connectivity index (χ2v) is 5.78. The van der Waals surface area contributed by atoms with E-state index in [4.69, 9.17) is 0 Å². The third-order valence-corrected chi connectivity index (χ3v) is 4.40. The Balaban J connectivity index is 1.67. The van der Waals surface area contributed by atoms with Crippen LogP contribution in [0, 0.1) is 0 Å². The first-order chi connectivity index (χ1) is 11.6. The number of benzene rings is 1. The van der Waals surface area contributed by atoms with Gasteiger partial charge in [0.2, 0.25) is 5.95 Å². The van der Waals surface area contributed by atoms with Gasteiger partial charge < -0.3 is 10.2 Å². The van der Waals surface area contributed by atoms with Crippen molar-refractivity contribution in [2.24, 2.45) is 0 Å². The van der Waals surface area contributed by atoms with Gasteiger partial charge in [-0.1, -0.05) is 5.10 Å². The van der Waals surface area contributed by atoms with Crippen molar-refractivity contribution in [3.63, 3.8) is 0 Å². The molecule has 0 aliphatic carbocycles. The summed E-state index contributed by atoms with van der Waals surface area (Å²) in [5.41, 5.74) is 3.09. The molecule has 9 heteroatoms. The Kier molecular flexibility index (Phi) is 3.08. The van der Waals surface area contributed by atoms with E-state index < -0.39 is 0 Å². The highest BCUT2D eigenvalue weighted by Gasteiger charge is 2.32. The Morgan fingerprint density at radius 2 is 2.21 bits per heavy atom. The van der Waals surface area contributed by atoms with Crippen LogP contribution < -0.4 is 10.2 Å². The van der Waals surface area contributed by atoms with Crippen LogP contribution in [0.3, 0.4) is 0 Å². The van der Waals surface area contributed by atoms with E-state index in [9.17, 15) is 4.79 Å². The van der Waals surface area contributed by atoms with Gasteiger partial charge >= 0.3 is 0 Å². The Hall–Kier alpha value is -3.23. The van der Waals surface area contributed by atoms with Gasteiger partial charge in [-0.05, 0) is 42.5 Å². The second-order valence-electron chi connectivity index (χ2n) is 5.78. The molecule has 4 rings (SSSR count). The lowest BCUT2D eigenvalue weighted by Crippen LogP contribution is -2.34. The van der Waals surface area contributed by atoms with Crippen molar-refractivity contribution < 1.29 is 4.79 Å². The van der Waals surface area contributed by atoms with E-state index in [1.54, 1.807) is 10.9 Å². The highest BCUT2D eigenvalue weighted by atomic mass is 16.1. The zero-order chi connectivity index (χ0) is 16.8. The van der Waals surface area contributed by atoms with E-state index in [0.29, 0.717) is 17.2 Å². The minimum absolute atomic E-state index is 0.171. The maximum absolute atomic E-state index is 12.8. The van der Waals surface area contributed by atoms with Crippen LogP contribution in [0.2, 0.25) is 0 Å². The average molecular weight is 324 g/mol. The molecule has 3 aromatic rings. The monoisotopic (exact) mass is 324 g/mol. The predicted molar refractivity (Wildman–Crippen MR) is 88.4 cm³/mol. The normalized spacial score (nSPS) is 17.3. The topological polar surface area (TPSA) is 105 Å². The SMILES string of the molecule is CC1=C(C(=O)Nc2ccc3[nH]ncc3c2)[C@@H](C)n2nnnc2N1C. The van der Waals surface area contributed by atoms with Crippen molar-refractivity contribution >= 4 is 28.4 Å². The molecule has 1 amide bonds. The van der Waals surface area contributed by atoms with Gasteiger partial charge in [0.05, 0.1) is 23.3 Å². The summed E-state index contributed by atoms with van der Waals surface area (Å²) in [6.45, 7) is 3.80. The second kappa shape index (κ2) is 5.15. The summed E-state index contributed by atoms with van der Waals surface area (Å²) < 4.78 is 1.64. The summed E-state index contributed by atoms with van der Waals surface area (Å²) in [5.74, 6) is 0.451. The molecule has 2 N–H and O–H groups in total. The number of nitrogens with one attached hydrogen (secondary N) is 2. The highest BCUT2D eigenvalue weighted by Crippen LogP contribution is 2.32. The molecule has 1 aliphatic heterocycles. The fraction of sp³-hybridized carbons (Fsp3) is 0.267. The van der Waals surface area contributed by atoms with Crippen molar-refractivity contribution in [1.29, 1.82) is 0 Å². The van der Waals surface area contributed by atoms with Crippen LogP contribution in [0.1, 0.15) is 19.9 Å². The molecule has 0 saturated heterocycles. The summed E-state index contributed by atoms with van der Waals surface area (Å²) in [6.07, 6.45) is 1.72. The minimum atomic E-state index is -0.246. The third-order valence-electron chi connectivity index (χ3n) is 4.40. The van der Waals surface area contributed by atoms with E-state index in [0.717, 1.165) is 16.6 Å². The number of anilines is 2. The number of hydrogen-bond donors (Lipinski definition) is 2. The Labute approximate surface area is 137 Å². The number of H-pyrrole nitrogens is 1. The fourth-order valence-corrected chi connectivity index (χ4v) is 2.99. The van der Waals surface area contributed by atoms with Gasteiger partial charge in [-0.2, -0.15) is 5.10 Å². The number of amides is 1. The van der Waals surface area contributed by atoms with Crippen LogP contribution in [-0.2, 0) is 4.79 Å². The quantitative estimate of drug-likeness (QED) is 0.740. The molecule has 2 aromatic heterocycles. The highest BCUT2D eigenvalue weighted by molar-refractivity contribution is 6.06. The van der Waals surface area contributed by atoms with Crippen molar-refractivity contribution in [3.05, 3.63) is 35.7 Å². The van der Waals surface area contributed by atoms with Crippen LogP contribution >= 0.6 is 0 Å². The van der Waals surface area contributed by atoms with Gasteiger partial charge in [0, 0.05) is 23.8 Å². The van der Waals surface area contributed by atoms with Crippen LogP contribution in [0.25, 0.3) is 10.9 Å². The molecule has 3 heterocycles. The van der Waals surface area contributed by atoms with Gasteiger partial charge in [0.15, 0.2) is 0 Å². The van der Waals surface area contributed by atoms with Crippen LogP contribution in [0.4, 0.5) is 11.6 Å². The molecule has 24 heavy (non-hydrogen) atoms. The van der Waals surface area contributed by atoms with Gasteiger partial charge in [0.25, 0.3) is 5.91 Å². The van der Waals surface area contributed by atoms with Crippen molar-refractivity contribution in [2.45, 2.75) is 19.9 Å². The lowest BCUT2D eigenvalue weighted by molar-refractivity contribution is -0.113. The first-order valence-corrected chi connectivity index (χ1v) is 7.53. The average Bonchev–Trinajstić information content (AvgIpc) is 3.21. The van der Waals surface area contributed by atoms with E-state index in [1.165, 1.54) is 0 Å². The molecule has 122 valence electrons. The number of fused-ring (bicyclic) bond motifs is 2. The summed E-state index contributed by atoms with van der Waals surface area (Å²) in [6, 6.07) is 5.36. The number of aromatic amines is 1. The number of nitrogens with zero attached hydrogens (tertiary/aromatic N) is 6. The molecule has 1 aromatic carbocycles. The molecule has 0 bridgehead atoms. The number of carbonyl (C=O) groups excluding carboxylic acids is 1. The standard InChI is InChI=1S/C15H16N8O/c1-8-13(9(2)23-15(22(8)3)19-20-21-23)14(24)17-11-4-5-12-10(6-11)7-16-18-12/h4-7,9H,1-3H3,(H,16,18)(H,17,24)/t9-/m1/s1. The zero-order valence-electron chi connectivity index (χ0n) is 13.5. The molecular formula is C15H16N8O. The molecule has 0 saturated carbocycles. The van der Waals surface area contributed by atoms with Crippen LogP contribution in [0.5, 0.6) is 0 Å². The summed E-state index contributed by atoms with van der Waals surface area (Å²) >= 11 is 0. The molecule has 0 radical (unpaired) electrons. The maximum Gasteiger partial charge on any atom is 0.255 e. The van der Waals surface area contributed by atoms with E-state index in [2.05, 4.69) is 31.0 Å². The maximum atomic E-state index is 12.8. The lowest BCUT2D eigenvalue weighted by Gasteiger charge is -2.30. The van der Waals surface area contributed by atoms with Gasteiger partial charge in [-0.15, -0.1) is 0 Å². The molecule has 9 nitrogen and oxygen atoms in total. The number of carbonyl (C=O) groups is 1. The molecule has 0 unspecified atom stereocenters.